The number of rotatable bonds is 2. The van der Waals surface area contributed by atoms with Crippen LogP contribution in [-0.4, -0.2) is 9.13 Å². The lowest BCUT2D eigenvalue weighted by Gasteiger charge is -2.24. The second-order valence-corrected chi connectivity index (χ2v) is 11.5. The van der Waals surface area contributed by atoms with Gasteiger partial charge in [0.2, 0.25) is 0 Å². The van der Waals surface area contributed by atoms with E-state index in [0.29, 0.717) is 65.2 Å². The van der Waals surface area contributed by atoms with E-state index in [1.54, 1.807) is 60.7 Å². The zero-order valence-electron chi connectivity index (χ0n) is 24.2. The van der Waals surface area contributed by atoms with Gasteiger partial charge in [-0.15, -0.1) is 0 Å². The molecule has 1 aromatic heterocycles. The van der Waals surface area contributed by atoms with E-state index in [1.165, 1.54) is 0 Å². The molecule has 1 heterocycles. The topological polar surface area (TPSA) is 78.1 Å². The van der Waals surface area contributed by atoms with Crippen LogP contribution in [0, 0.1) is 0 Å². The maximum atomic E-state index is 14.4. The zero-order valence-corrected chi connectivity index (χ0v) is 24.2. The summed E-state index contributed by atoms with van der Waals surface area (Å²) < 4.78 is 3.89. The molecule has 0 saturated heterocycles. The average Bonchev–Trinajstić information content (AvgIpc) is 3.11. The van der Waals surface area contributed by atoms with E-state index in [9.17, 15) is 19.2 Å². The number of hydrogen-bond donors (Lipinski definition) is 0. The minimum Gasteiger partial charge on any atom is -0.306 e. The maximum absolute atomic E-state index is 14.4. The minimum absolute atomic E-state index is 0.221. The predicted molar refractivity (Wildman–Crippen MR) is 186 cm³/mol. The molecule has 0 fully saturated rings. The first-order valence-corrected chi connectivity index (χ1v) is 15.0. The van der Waals surface area contributed by atoms with E-state index in [-0.39, 0.29) is 21.7 Å². The van der Waals surface area contributed by atoms with Crippen LogP contribution in [0.1, 0.15) is 0 Å². The van der Waals surface area contributed by atoms with Crippen molar-refractivity contribution in [3.63, 3.8) is 0 Å². The number of aromatic nitrogens is 2. The summed E-state index contributed by atoms with van der Waals surface area (Å²) in [5.74, 6) is 0. The number of fused-ring (bicyclic) bond motifs is 8. The Balaban J connectivity index is 1.68. The maximum Gasteiger partial charge on any atom is 0.196 e. The molecule has 0 atom stereocenters. The van der Waals surface area contributed by atoms with Gasteiger partial charge in [0.25, 0.3) is 0 Å². The Morgan fingerprint density at radius 2 is 0.630 bits per heavy atom. The van der Waals surface area contributed by atoms with Crippen molar-refractivity contribution in [2.24, 2.45) is 0 Å². The highest BCUT2D eigenvalue weighted by atomic mass is 16.1. The molecule has 0 spiro atoms. The molecule has 9 rings (SSSR count). The summed E-state index contributed by atoms with van der Waals surface area (Å²) in [5, 5.41) is 2.67. The van der Waals surface area contributed by atoms with Crippen LogP contribution in [0.25, 0.3) is 76.5 Å². The van der Waals surface area contributed by atoms with Crippen molar-refractivity contribution in [2.45, 2.75) is 0 Å². The van der Waals surface area contributed by atoms with Crippen LogP contribution < -0.4 is 21.7 Å². The molecular weight excluding hydrogens is 572 g/mol. The standard InChI is InChI=1S/C40H22N2O4/c43-37-25-15-7-9-17-27(25)39(45)33-29(37)20-22-32-35(33)41(23-11-3-1-4-12-23)31-21-19-30-34(36(31)42(32)24-13-5-2-6-14-24)40(46)28-18-10-8-16-26(28)38(30)44/h1-22H. The predicted octanol–water partition coefficient (Wildman–Crippen LogP) is 7.07. The summed E-state index contributed by atoms with van der Waals surface area (Å²) in [6.07, 6.45) is 0. The van der Waals surface area contributed by atoms with Crippen molar-refractivity contribution in [1.29, 1.82) is 0 Å². The van der Waals surface area contributed by atoms with E-state index < -0.39 is 0 Å². The van der Waals surface area contributed by atoms with Gasteiger partial charge in [0, 0.05) is 43.7 Å². The third kappa shape index (κ3) is 3.41. The molecule has 0 N–H and O–H groups in total. The first-order chi connectivity index (χ1) is 22.5. The van der Waals surface area contributed by atoms with E-state index in [0.717, 1.165) is 11.4 Å². The minimum atomic E-state index is -0.252. The monoisotopic (exact) mass is 594 g/mol. The van der Waals surface area contributed by atoms with Gasteiger partial charge in [-0.3, -0.25) is 19.2 Å². The SMILES string of the molecule is O=c1c2ccccc2c(=O)c2c1ccc1c2n(-c2ccccc2)c2ccc3c(=O)c4ccccc4c(=O)c3c2n1-c1ccccc1. The number of para-hydroxylation sites is 2. The Kier molecular flexibility index (Phi) is 5.41. The quantitative estimate of drug-likeness (QED) is 0.159. The van der Waals surface area contributed by atoms with Crippen molar-refractivity contribution in [3.8, 4) is 11.4 Å². The van der Waals surface area contributed by atoms with E-state index in [4.69, 9.17) is 0 Å². The van der Waals surface area contributed by atoms with Gasteiger partial charge in [-0.25, -0.2) is 0 Å². The molecular formula is C40H22N2O4. The molecule has 0 aliphatic rings. The van der Waals surface area contributed by atoms with Gasteiger partial charge >= 0.3 is 0 Å². The van der Waals surface area contributed by atoms with Gasteiger partial charge in [-0.1, -0.05) is 84.9 Å². The van der Waals surface area contributed by atoms with E-state index in [1.807, 2.05) is 81.9 Å². The lowest BCUT2D eigenvalue weighted by Crippen LogP contribution is -2.19. The van der Waals surface area contributed by atoms with Crippen LogP contribution in [0.5, 0.6) is 0 Å². The molecule has 6 nitrogen and oxygen atoms in total. The Hall–Kier alpha value is -6.40. The molecule has 8 aromatic carbocycles. The van der Waals surface area contributed by atoms with Gasteiger partial charge in [-0.05, 0) is 48.5 Å². The Labute approximate surface area is 259 Å². The third-order valence-electron chi connectivity index (χ3n) is 9.05. The van der Waals surface area contributed by atoms with Gasteiger partial charge in [0.05, 0.1) is 32.8 Å². The van der Waals surface area contributed by atoms with Gasteiger partial charge in [-0.2, -0.15) is 0 Å². The summed E-state index contributed by atoms with van der Waals surface area (Å²) in [7, 11) is 0. The molecule has 216 valence electrons. The average molecular weight is 595 g/mol. The molecule has 0 unspecified atom stereocenters. The third-order valence-corrected chi connectivity index (χ3v) is 9.05. The summed E-state index contributed by atoms with van der Waals surface area (Å²) in [6.45, 7) is 0. The fourth-order valence-electron chi connectivity index (χ4n) is 7.06. The van der Waals surface area contributed by atoms with Crippen molar-refractivity contribution in [2.75, 3.05) is 0 Å². The summed E-state index contributed by atoms with van der Waals surface area (Å²) in [5.41, 5.74) is 2.80. The van der Waals surface area contributed by atoms with Crippen LogP contribution in [-0.2, 0) is 0 Å². The summed E-state index contributed by atoms with van der Waals surface area (Å²) in [6, 6.07) is 40.0. The molecule has 0 bridgehead atoms. The Morgan fingerprint density at radius 1 is 0.304 bits per heavy atom. The highest BCUT2D eigenvalue weighted by molar-refractivity contribution is 6.17. The van der Waals surface area contributed by atoms with Gasteiger partial charge in [0.15, 0.2) is 21.7 Å². The van der Waals surface area contributed by atoms with Gasteiger partial charge in [0.1, 0.15) is 0 Å². The van der Waals surface area contributed by atoms with Crippen LogP contribution in [0.3, 0.4) is 0 Å². The lowest BCUT2D eigenvalue weighted by molar-refractivity contribution is 1.10. The van der Waals surface area contributed by atoms with Crippen molar-refractivity contribution >= 4 is 65.2 Å². The second kappa shape index (κ2) is 9.55. The fraction of sp³-hybridized carbons (Fsp3) is 0. The first-order valence-electron chi connectivity index (χ1n) is 15.0. The molecule has 0 aliphatic heterocycles. The van der Waals surface area contributed by atoms with E-state index >= 15 is 0 Å². The van der Waals surface area contributed by atoms with Gasteiger partial charge < -0.3 is 9.13 Å². The number of benzene rings is 8. The molecule has 0 aliphatic carbocycles. The lowest BCUT2D eigenvalue weighted by atomic mass is 9.98. The second-order valence-electron chi connectivity index (χ2n) is 11.5. The van der Waals surface area contributed by atoms with E-state index in [2.05, 4.69) is 0 Å². The number of hydrogen-bond acceptors (Lipinski definition) is 4. The molecule has 9 aromatic rings. The van der Waals surface area contributed by atoms with Crippen molar-refractivity contribution in [1.82, 2.24) is 9.13 Å². The normalized spacial score (nSPS) is 11.8. The van der Waals surface area contributed by atoms with Crippen LogP contribution in [0.4, 0.5) is 0 Å². The molecule has 0 saturated carbocycles. The smallest absolute Gasteiger partial charge is 0.196 e. The summed E-state index contributed by atoms with van der Waals surface area (Å²) in [4.78, 5) is 56.7. The zero-order chi connectivity index (χ0) is 31.1. The Bertz CT molecular complexity index is 2780. The van der Waals surface area contributed by atoms with Crippen molar-refractivity contribution in [3.05, 3.63) is 174 Å². The molecule has 0 radical (unpaired) electrons. The van der Waals surface area contributed by atoms with Crippen LogP contribution in [0.15, 0.2) is 153 Å². The highest BCUT2D eigenvalue weighted by Gasteiger charge is 2.24. The first kappa shape index (κ1) is 26.0. The largest absolute Gasteiger partial charge is 0.306 e. The number of nitrogens with zero attached hydrogens (tertiary/aromatic N) is 2. The fourth-order valence-corrected chi connectivity index (χ4v) is 7.06. The Morgan fingerprint density at radius 3 is 1.00 bits per heavy atom. The molecule has 0 amide bonds. The van der Waals surface area contributed by atoms with Crippen molar-refractivity contribution < 1.29 is 0 Å². The highest BCUT2D eigenvalue weighted by Crippen LogP contribution is 2.36. The summed E-state index contributed by atoms with van der Waals surface area (Å²) >= 11 is 0. The molecule has 6 heteroatoms. The van der Waals surface area contributed by atoms with Crippen LogP contribution >= 0.6 is 0 Å². The molecule has 46 heavy (non-hydrogen) atoms. The van der Waals surface area contributed by atoms with Crippen LogP contribution in [0.2, 0.25) is 0 Å².